The predicted molar refractivity (Wildman–Crippen MR) is 123 cm³/mol. The Balaban J connectivity index is 1.95. The summed E-state index contributed by atoms with van der Waals surface area (Å²) in [5.74, 6) is -2.37. The summed E-state index contributed by atoms with van der Waals surface area (Å²) >= 11 is 0. The fraction of sp³-hybridized carbons (Fsp3) is 0.720. The zero-order chi connectivity index (χ0) is 24.5. The number of ether oxygens (including phenoxy) is 1. The molecule has 4 aliphatic heterocycles. The normalized spacial score (nSPS) is 37.3. The number of nitrogens with zero attached hydrogens (tertiary/aromatic N) is 3. The number of hydrogen-bond acceptors (Lipinski definition) is 5. The van der Waals surface area contributed by atoms with Crippen molar-refractivity contribution in [2.45, 2.75) is 70.4 Å². The number of carbonyl (C=O) groups excluding carboxylic acids is 3. The van der Waals surface area contributed by atoms with Crippen LogP contribution < -0.4 is 0 Å². The van der Waals surface area contributed by atoms with Crippen LogP contribution in [0.5, 0.6) is 0 Å². The molecular formula is C25H37N3O5. The molecule has 0 aliphatic carbocycles. The molecule has 182 valence electrons. The van der Waals surface area contributed by atoms with Crippen molar-refractivity contribution in [2.75, 3.05) is 26.7 Å². The van der Waals surface area contributed by atoms with Gasteiger partial charge in [0.15, 0.2) is 0 Å². The number of rotatable bonds is 3. The Morgan fingerprint density at radius 2 is 1.70 bits per heavy atom. The van der Waals surface area contributed by atoms with Crippen molar-refractivity contribution < 1.29 is 24.2 Å². The zero-order valence-electron chi connectivity index (χ0n) is 20.7. The lowest BCUT2D eigenvalue weighted by atomic mass is 9.74. The van der Waals surface area contributed by atoms with Crippen molar-refractivity contribution in [3.05, 3.63) is 24.3 Å². The van der Waals surface area contributed by atoms with E-state index in [0.717, 1.165) is 0 Å². The molecule has 0 bridgehead atoms. The molecule has 6 atom stereocenters. The average Bonchev–Trinajstić information content (AvgIpc) is 2.97. The van der Waals surface area contributed by atoms with Crippen LogP contribution >= 0.6 is 0 Å². The Bertz CT molecular complexity index is 921. The highest BCUT2D eigenvalue weighted by Crippen LogP contribution is 2.58. The van der Waals surface area contributed by atoms with Gasteiger partial charge in [0.05, 0.1) is 30.1 Å². The number of aliphatic hydroxyl groups excluding tert-OH is 1. The van der Waals surface area contributed by atoms with Gasteiger partial charge >= 0.3 is 0 Å². The summed E-state index contributed by atoms with van der Waals surface area (Å²) in [6, 6.07) is -1.52. The highest BCUT2D eigenvalue weighted by atomic mass is 16.5. The molecule has 0 saturated carbocycles. The fourth-order valence-corrected chi connectivity index (χ4v) is 6.16. The molecule has 1 unspecified atom stereocenters. The Hall–Kier alpha value is -2.19. The average molecular weight is 460 g/mol. The van der Waals surface area contributed by atoms with Gasteiger partial charge < -0.3 is 24.5 Å². The van der Waals surface area contributed by atoms with Gasteiger partial charge in [-0.3, -0.25) is 14.4 Å². The van der Waals surface area contributed by atoms with E-state index in [1.165, 1.54) is 4.90 Å². The first kappa shape index (κ1) is 24.0. The van der Waals surface area contributed by atoms with Crippen molar-refractivity contribution in [1.82, 2.24) is 14.7 Å². The molecule has 4 rings (SSSR count). The fourth-order valence-electron chi connectivity index (χ4n) is 6.16. The standard InChI is InChI=1S/C25H37N3O5/c1-15(2)16(14-29)28-19-22(32)27(23(3,4)5)13-9-11-25(19)18(21(28)31)17-20(30)26(7)12-8-10-24(17,6)33-25/h8-11,15-19,29H,12-14H2,1-7H3/t16-,17+,18-,19?,24-,25-/m0/s1. The Morgan fingerprint density at radius 1 is 1.06 bits per heavy atom. The van der Waals surface area contributed by atoms with Gasteiger partial charge in [0.2, 0.25) is 17.7 Å². The van der Waals surface area contributed by atoms with Crippen LogP contribution in [0.25, 0.3) is 0 Å². The molecule has 3 amide bonds. The second-order valence-electron chi connectivity index (χ2n) is 11.4. The molecule has 33 heavy (non-hydrogen) atoms. The monoisotopic (exact) mass is 459 g/mol. The van der Waals surface area contributed by atoms with Gasteiger partial charge in [-0.15, -0.1) is 0 Å². The minimum absolute atomic E-state index is 0.0864. The van der Waals surface area contributed by atoms with E-state index in [-0.39, 0.29) is 30.2 Å². The molecule has 8 heteroatoms. The van der Waals surface area contributed by atoms with Crippen molar-refractivity contribution in [3.8, 4) is 0 Å². The summed E-state index contributed by atoms with van der Waals surface area (Å²) in [5, 5.41) is 10.3. The number of likely N-dealkylation sites (N-methyl/N-ethyl adjacent to an activating group) is 1. The van der Waals surface area contributed by atoms with Gasteiger partial charge in [-0.1, -0.05) is 38.2 Å². The van der Waals surface area contributed by atoms with E-state index in [4.69, 9.17) is 4.74 Å². The van der Waals surface area contributed by atoms with E-state index >= 15 is 0 Å². The number of carbonyl (C=O) groups is 3. The van der Waals surface area contributed by atoms with Gasteiger partial charge in [-0.2, -0.15) is 0 Å². The van der Waals surface area contributed by atoms with Crippen LogP contribution in [0.4, 0.5) is 0 Å². The summed E-state index contributed by atoms with van der Waals surface area (Å²) < 4.78 is 6.74. The van der Waals surface area contributed by atoms with E-state index < -0.39 is 40.7 Å². The van der Waals surface area contributed by atoms with E-state index in [0.29, 0.717) is 13.1 Å². The van der Waals surface area contributed by atoms with E-state index in [1.54, 1.807) is 16.8 Å². The minimum atomic E-state index is -1.28. The maximum absolute atomic E-state index is 14.2. The first-order valence-electron chi connectivity index (χ1n) is 11.8. The number of fused-ring (bicyclic) bond motifs is 2. The van der Waals surface area contributed by atoms with Crippen LogP contribution in [0, 0.1) is 17.8 Å². The molecular weight excluding hydrogens is 422 g/mol. The van der Waals surface area contributed by atoms with Crippen LogP contribution in [0.1, 0.15) is 41.5 Å². The van der Waals surface area contributed by atoms with Crippen molar-refractivity contribution in [2.24, 2.45) is 17.8 Å². The van der Waals surface area contributed by atoms with Crippen LogP contribution in [-0.4, -0.2) is 93.1 Å². The summed E-state index contributed by atoms with van der Waals surface area (Å²) in [7, 11) is 1.72. The molecule has 1 N–H and O–H groups in total. The summed E-state index contributed by atoms with van der Waals surface area (Å²) in [4.78, 5) is 46.7. The lowest BCUT2D eigenvalue weighted by Gasteiger charge is -2.43. The molecule has 1 spiro atoms. The first-order chi connectivity index (χ1) is 15.3. The van der Waals surface area contributed by atoms with Gasteiger partial charge in [-0.25, -0.2) is 0 Å². The molecule has 0 radical (unpaired) electrons. The number of likely N-dealkylation sites (tertiary alicyclic amines) is 1. The number of amides is 3. The van der Waals surface area contributed by atoms with Gasteiger partial charge in [0.25, 0.3) is 0 Å². The highest BCUT2D eigenvalue weighted by molar-refractivity contribution is 6.00. The van der Waals surface area contributed by atoms with Crippen LogP contribution in [0.3, 0.4) is 0 Å². The maximum atomic E-state index is 14.2. The Morgan fingerprint density at radius 3 is 2.27 bits per heavy atom. The van der Waals surface area contributed by atoms with E-state index in [9.17, 15) is 19.5 Å². The Labute approximate surface area is 196 Å². The summed E-state index contributed by atoms with van der Waals surface area (Å²) in [6.45, 7) is 12.1. The van der Waals surface area contributed by atoms with Crippen LogP contribution in [0.2, 0.25) is 0 Å². The topological polar surface area (TPSA) is 90.4 Å². The predicted octanol–water partition coefficient (Wildman–Crippen LogP) is 1.20. The van der Waals surface area contributed by atoms with Crippen LogP contribution in [0.15, 0.2) is 24.3 Å². The molecule has 0 aromatic heterocycles. The minimum Gasteiger partial charge on any atom is -0.394 e. The van der Waals surface area contributed by atoms with Gasteiger partial charge in [-0.05, 0) is 33.6 Å². The number of hydrogen-bond donors (Lipinski definition) is 1. The first-order valence-corrected chi connectivity index (χ1v) is 11.8. The van der Waals surface area contributed by atoms with Gasteiger partial charge in [0, 0.05) is 25.7 Å². The summed E-state index contributed by atoms with van der Waals surface area (Å²) in [6.07, 6.45) is 7.50. The third-order valence-corrected chi connectivity index (χ3v) is 7.82. The third-order valence-electron chi connectivity index (χ3n) is 7.82. The van der Waals surface area contributed by atoms with Crippen molar-refractivity contribution in [1.29, 1.82) is 0 Å². The van der Waals surface area contributed by atoms with Gasteiger partial charge in [0.1, 0.15) is 11.6 Å². The zero-order valence-corrected chi connectivity index (χ0v) is 20.7. The lowest BCUT2D eigenvalue weighted by molar-refractivity contribution is -0.159. The molecule has 2 saturated heterocycles. The molecule has 2 fully saturated rings. The van der Waals surface area contributed by atoms with E-state index in [2.05, 4.69) is 0 Å². The Kier molecular flexibility index (Phi) is 5.56. The lowest BCUT2D eigenvalue weighted by Crippen LogP contribution is -2.61. The smallest absolute Gasteiger partial charge is 0.249 e. The SMILES string of the molecule is CC(C)[C@H](CO)N1C(=O)[C@@H]2[C@@H]3C(=O)N(C)CC=C[C@]3(C)O[C@@]23C=CCN(C(C)(C)C)C(=O)C13. The largest absolute Gasteiger partial charge is 0.394 e. The molecule has 4 heterocycles. The second kappa shape index (κ2) is 7.67. The third kappa shape index (κ3) is 3.28. The highest BCUT2D eigenvalue weighted by Gasteiger charge is 2.75. The second-order valence-corrected chi connectivity index (χ2v) is 11.4. The quantitative estimate of drug-likeness (QED) is 0.641. The number of aliphatic hydroxyl groups is 1. The van der Waals surface area contributed by atoms with Crippen LogP contribution in [-0.2, 0) is 19.1 Å². The molecule has 4 aliphatic rings. The summed E-state index contributed by atoms with van der Waals surface area (Å²) in [5.41, 5.74) is -2.77. The van der Waals surface area contributed by atoms with Crippen molar-refractivity contribution >= 4 is 17.7 Å². The maximum Gasteiger partial charge on any atom is 0.249 e. The van der Waals surface area contributed by atoms with Crippen molar-refractivity contribution in [3.63, 3.8) is 0 Å². The molecule has 0 aromatic carbocycles. The van der Waals surface area contributed by atoms with E-state index in [1.807, 2.05) is 65.8 Å². The molecule has 8 nitrogen and oxygen atoms in total. The molecule has 0 aromatic rings.